The predicted molar refractivity (Wildman–Crippen MR) is 137 cm³/mol. The number of aromatic nitrogens is 2. The average molecular weight is 509 g/mol. The molecule has 1 aliphatic rings. The molecule has 3 rings (SSSR count). The van der Waals surface area contributed by atoms with E-state index in [1.165, 1.54) is 0 Å². The molecular weight excluding hydrogens is 472 g/mol. The zero-order valence-electron chi connectivity index (χ0n) is 20.5. The van der Waals surface area contributed by atoms with Crippen molar-refractivity contribution in [3.63, 3.8) is 0 Å². The van der Waals surface area contributed by atoms with Crippen LogP contribution < -0.4 is 10.1 Å². The third-order valence-electron chi connectivity index (χ3n) is 5.63. The monoisotopic (exact) mass is 508 g/mol. The van der Waals surface area contributed by atoms with Gasteiger partial charge in [-0.05, 0) is 55.6 Å². The highest BCUT2D eigenvalue weighted by molar-refractivity contribution is 7.90. The van der Waals surface area contributed by atoms with Crippen LogP contribution in [0.2, 0.25) is 0 Å². The highest BCUT2D eigenvalue weighted by atomic mass is 32.2. The first-order chi connectivity index (χ1) is 16.2. The maximum atomic E-state index is 13.4. The molecule has 2 aromatic rings. The summed E-state index contributed by atoms with van der Waals surface area (Å²) in [6.45, 7) is 9.28. The van der Waals surface area contributed by atoms with Crippen LogP contribution in [0, 0.1) is 5.92 Å². The highest BCUT2D eigenvalue weighted by Gasteiger charge is 2.27. The van der Waals surface area contributed by atoms with Crippen molar-refractivity contribution in [3.8, 4) is 5.75 Å². The first-order valence-corrected chi connectivity index (χ1v) is 13.8. The van der Waals surface area contributed by atoms with Crippen molar-refractivity contribution in [2.24, 2.45) is 5.92 Å². The van der Waals surface area contributed by atoms with Gasteiger partial charge in [0.25, 0.3) is 0 Å². The van der Waals surface area contributed by atoms with E-state index >= 15 is 0 Å². The van der Waals surface area contributed by atoms with Crippen molar-refractivity contribution >= 4 is 27.2 Å². The Hall–Kier alpha value is -2.17. The van der Waals surface area contributed by atoms with Gasteiger partial charge in [0.2, 0.25) is 15.0 Å². The molecule has 1 N–H and O–H groups in total. The maximum Gasteiger partial charge on any atom is 0.228 e. The van der Waals surface area contributed by atoms with Gasteiger partial charge in [0.05, 0.1) is 37.4 Å². The van der Waals surface area contributed by atoms with Crippen molar-refractivity contribution in [2.75, 3.05) is 26.8 Å². The molecule has 8 nitrogen and oxygen atoms in total. The van der Waals surface area contributed by atoms with E-state index in [0.717, 1.165) is 25.1 Å². The summed E-state index contributed by atoms with van der Waals surface area (Å²) in [5, 5.41) is 3.95. The second kappa shape index (κ2) is 12.0. The lowest BCUT2D eigenvalue weighted by Gasteiger charge is -2.28. The number of benzene rings is 1. The summed E-state index contributed by atoms with van der Waals surface area (Å²) in [4.78, 5) is 6.45. The molecule has 2 heterocycles. The van der Waals surface area contributed by atoms with E-state index in [4.69, 9.17) is 21.7 Å². The molecule has 0 unspecified atom stereocenters. The van der Waals surface area contributed by atoms with Crippen LogP contribution in [-0.2, 0) is 33.4 Å². The molecular formula is C24H36N4O4S2. The van der Waals surface area contributed by atoms with Crippen molar-refractivity contribution < 1.29 is 17.9 Å². The number of sulfone groups is 1. The van der Waals surface area contributed by atoms with Crippen LogP contribution in [0.15, 0.2) is 35.6 Å². The van der Waals surface area contributed by atoms with E-state index < -0.39 is 9.84 Å². The van der Waals surface area contributed by atoms with Crippen LogP contribution in [-0.4, -0.2) is 60.9 Å². The molecule has 0 spiro atoms. The van der Waals surface area contributed by atoms with Crippen LogP contribution in [0.5, 0.6) is 5.75 Å². The number of rotatable bonds is 11. The van der Waals surface area contributed by atoms with Gasteiger partial charge in [-0.3, -0.25) is 0 Å². The van der Waals surface area contributed by atoms with Crippen molar-refractivity contribution in [1.82, 2.24) is 19.8 Å². The third kappa shape index (κ3) is 6.93. The molecule has 0 bridgehead atoms. The van der Waals surface area contributed by atoms with Gasteiger partial charge in [-0.25, -0.2) is 13.4 Å². The van der Waals surface area contributed by atoms with Gasteiger partial charge in [-0.15, -0.1) is 0 Å². The fourth-order valence-electron chi connectivity index (χ4n) is 4.09. The van der Waals surface area contributed by atoms with Gasteiger partial charge < -0.3 is 24.3 Å². The summed E-state index contributed by atoms with van der Waals surface area (Å²) in [6, 6.07) is 7.12. The molecule has 1 aromatic heterocycles. The molecule has 0 radical (unpaired) electrons. The van der Waals surface area contributed by atoms with E-state index in [0.29, 0.717) is 42.6 Å². The number of nitrogens with zero attached hydrogens (tertiary/aromatic N) is 3. The number of hydrogen-bond acceptors (Lipinski definition) is 6. The van der Waals surface area contributed by atoms with E-state index in [2.05, 4.69) is 29.0 Å². The molecule has 0 aliphatic carbocycles. The normalized spacial score (nSPS) is 16.1. The van der Waals surface area contributed by atoms with Crippen LogP contribution >= 0.6 is 12.2 Å². The standard InChI is InChI=1S/C24H36N4O4S2/c1-5-25-23(33)27(16-22-10-7-11-32-22)15-20-13-26-24(28(20)14-18(2)3)34(29,30)17-19-8-6-9-21(12-19)31-4/h6,8-9,12-13,18,22H,5,7,10-11,14-17H2,1-4H3,(H,25,33)/t22-/m0/s1. The van der Waals surface area contributed by atoms with E-state index in [-0.39, 0.29) is 22.9 Å². The third-order valence-corrected chi connectivity index (χ3v) is 7.63. The second-order valence-corrected chi connectivity index (χ2v) is 11.3. The smallest absolute Gasteiger partial charge is 0.228 e. The highest BCUT2D eigenvalue weighted by Crippen LogP contribution is 2.23. The number of hydrogen-bond donors (Lipinski definition) is 1. The summed E-state index contributed by atoms with van der Waals surface area (Å²) in [5.41, 5.74) is 1.48. The van der Waals surface area contributed by atoms with Crippen LogP contribution in [0.1, 0.15) is 44.9 Å². The Morgan fingerprint density at radius 2 is 2.21 bits per heavy atom. The summed E-state index contributed by atoms with van der Waals surface area (Å²) in [5.74, 6) is 0.723. The molecule has 34 heavy (non-hydrogen) atoms. The van der Waals surface area contributed by atoms with Crippen LogP contribution in [0.3, 0.4) is 0 Å². The Bertz CT molecular complexity index is 1060. The van der Waals surface area contributed by atoms with Gasteiger partial charge >= 0.3 is 0 Å². The molecule has 188 valence electrons. The van der Waals surface area contributed by atoms with Gasteiger partial charge in [0.15, 0.2) is 5.11 Å². The molecule has 1 saturated heterocycles. The molecule has 0 saturated carbocycles. The Morgan fingerprint density at radius 3 is 2.85 bits per heavy atom. The zero-order valence-corrected chi connectivity index (χ0v) is 22.1. The van der Waals surface area contributed by atoms with Crippen molar-refractivity contribution in [2.45, 2.75) is 63.7 Å². The minimum Gasteiger partial charge on any atom is -0.497 e. The van der Waals surface area contributed by atoms with Gasteiger partial charge in [-0.2, -0.15) is 0 Å². The number of thiocarbonyl (C=S) groups is 1. The molecule has 1 aliphatic heterocycles. The minimum absolute atomic E-state index is 0.0884. The fraction of sp³-hybridized carbons (Fsp3) is 0.583. The van der Waals surface area contributed by atoms with Gasteiger partial charge in [0, 0.05) is 26.2 Å². The van der Waals surface area contributed by atoms with Crippen LogP contribution in [0.25, 0.3) is 0 Å². The molecule has 1 fully saturated rings. The molecule has 0 amide bonds. The predicted octanol–water partition coefficient (Wildman–Crippen LogP) is 3.40. The topological polar surface area (TPSA) is 85.7 Å². The summed E-state index contributed by atoms with van der Waals surface area (Å²) >= 11 is 5.63. The first-order valence-electron chi connectivity index (χ1n) is 11.8. The zero-order chi connectivity index (χ0) is 24.7. The Morgan fingerprint density at radius 1 is 1.41 bits per heavy atom. The van der Waals surface area contributed by atoms with E-state index in [1.54, 1.807) is 37.6 Å². The number of imidazole rings is 1. The van der Waals surface area contributed by atoms with Gasteiger partial charge in [0.1, 0.15) is 5.75 Å². The van der Waals surface area contributed by atoms with E-state index in [9.17, 15) is 8.42 Å². The Labute approximate surface area is 208 Å². The number of ether oxygens (including phenoxy) is 2. The summed E-state index contributed by atoms with van der Waals surface area (Å²) in [6.07, 6.45) is 3.83. The van der Waals surface area contributed by atoms with Crippen LogP contribution in [0.4, 0.5) is 0 Å². The SMILES string of the molecule is CCNC(=S)N(Cc1cnc(S(=O)(=O)Cc2cccc(OC)c2)n1CC(C)C)C[C@@H]1CCCO1. The quantitative estimate of drug-likeness (QED) is 0.463. The lowest BCUT2D eigenvalue weighted by atomic mass is 10.2. The summed E-state index contributed by atoms with van der Waals surface area (Å²) in [7, 11) is -2.11. The first kappa shape index (κ1) is 26.4. The Balaban J connectivity index is 1.90. The lowest BCUT2D eigenvalue weighted by molar-refractivity contribution is 0.0892. The van der Waals surface area contributed by atoms with Gasteiger partial charge in [-0.1, -0.05) is 26.0 Å². The summed E-state index contributed by atoms with van der Waals surface area (Å²) < 4.78 is 39.8. The van der Waals surface area contributed by atoms with Crippen molar-refractivity contribution in [3.05, 3.63) is 41.7 Å². The fourth-order valence-corrected chi connectivity index (χ4v) is 5.86. The largest absolute Gasteiger partial charge is 0.497 e. The molecule has 1 aromatic carbocycles. The van der Waals surface area contributed by atoms with E-state index in [1.807, 2.05) is 11.5 Å². The number of methoxy groups -OCH3 is 1. The van der Waals surface area contributed by atoms with Crippen molar-refractivity contribution in [1.29, 1.82) is 0 Å². The maximum absolute atomic E-state index is 13.4. The lowest BCUT2D eigenvalue weighted by Crippen LogP contribution is -2.43. The molecule has 1 atom stereocenters. The number of nitrogens with one attached hydrogen (secondary N) is 1. The Kier molecular flexibility index (Phi) is 9.32. The second-order valence-electron chi connectivity index (χ2n) is 9.00. The minimum atomic E-state index is -3.68. The average Bonchev–Trinajstić information content (AvgIpc) is 3.43. The molecule has 10 heteroatoms.